The minimum atomic E-state index is 0.0812. The summed E-state index contributed by atoms with van der Waals surface area (Å²) < 4.78 is 0. The van der Waals surface area contributed by atoms with E-state index in [1.807, 2.05) is 19.2 Å². The average molecular weight is 260 g/mol. The third-order valence-corrected chi connectivity index (χ3v) is 4.46. The summed E-state index contributed by atoms with van der Waals surface area (Å²) in [4.78, 5) is 9.61. The van der Waals surface area contributed by atoms with Gasteiger partial charge in [0.2, 0.25) is 0 Å². The molecule has 2 fully saturated rings. The van der Waals surface area contributed by atoms with Gasteiger partial charge in [0.25, 0.3) is 0 Å². The number of rotatable bonds is 2. The molecule has 0 saturated carbocycles. The summed E-state index contributed by atoms with van der Waals surface area (Å²) in [5.41, 5.74) is 7.14. The number of nitrogens with two attached hydrogens (primary N) is 1. The molecule has 2 atom stereocenters. The van der Waals surface area contributed by atoms with Crippen LogP contribution in [0, 0.1) is 0 Å². The van der Waals surface area contributed by atoms with Crippen LogP contribution >= 0.6 is 0 Å². The lowest BCUT2D eigenvalue weighted by molar-refractivity contribution is 0.133. The number of aromatic nitrogens is 1. The van der Waals surface area contributed by atoms with E-state index in [4.69, 9.17) is 5.73 Å². The first-order chi connectivity index (χ1) is 9.24. The summed E-state index contributed by atoms with van der Waals surface area (Å²) in [6, 6.07) is 4.98. The fraction of sp³-hybridized carbons (Fsp3) is 0.667. The molecule has 4 heteroatoms. The number of pyridine rings is 1. The predicted octanol–water partition coefficient (Wildman–Crippen LogP) is 1.78. The Morgan fingerprint density at radius 3 is 3.05 bits per heavy atom. The fourth-order valence-corrected chi connectivity index (χ4v) is 3.25. The molecule has 3 heterocycles. The normalized spacial score (nSPS) is 26.0. The highest BCUT2D eigenvalue weighted by molar-refractivity contribution is 5.42. The van der Waals surface area contributed by atoms with Crippen LogP contribution in [0.3, 0.4) is 0 Å². The molecule has 0 aromatic carbocycles. The average Bonchev–Trinajstić information content (AvgIpc) is 2.47. The van der Waals surface area contributed by atoms with Crippen molar-refractivity contribution < 1.29 is 0 Å². The Hall–Kier alpha value is -1.13. The highest BCUT2D eigenvalue weighted by Gasteiger charge is 2.29. The quantitative estimate of drug-likeness (QED) is 0.880. The Bertz CT molecular complexity index is 432. The van der Waals surface area contributed by atoms with Crippen LogP contribution in [0.25, 0.3) is 0 Å². The van der Waals surface area contributed by atoms with Gasteiger partial charge in [-0.25, -0.2) is 4.98 Å². The van der Waals surface area contributed by atoms with Gasteiger partial charge in [0.15, 0.2) is 0 Å². The van der Waals surface area contributed by atoms with E-state index in [-0.39, 0.29) is 6.04 Å². The van der Waals surface area contributed by atoms with Crippen LogP contribution in [0.4, 0.5) is 5.82 Å². The Morgan fingerprint density at radius 1 is 1.32 bits per heavy atom. The van der Waals surface area contributed by atoms with Gasteiger partial charge >= 0.3 is 0 Å². The van der Waals surface area contributed by atoms with Crippen molar-refractivity contribution in [3.05, 3.63) is 23.9 Å². The van der Waals surface area contributed by atoms with E-state index in [0.717, 1.165) is 24.9 Å². The number of anilines is 1. The summed E-state index contributed by atoms with van der Waals surface area (Å²) in [7, 11) is 0. The molecular weight excluding hydrogens is 236 g/mol. The number of nitrogens with zero attached hydrogens (tertiary/aromatic N) is 3. The molecular formula is C15H24N4. The van der Waals surface area contributed by atoms with Crippen molar-refractivity contribution in [2.75, 3.05) is 31.1 Å². The SMILES string of the molecule is C[C@H](N)c1ccnc(N2CCN3CCCCC3C2)c1. The fourth-order valence-electron chi connectivity index (χ4n) is 3.25. The zero-order valence-electron chi connectivity index (χ0n) is 11.8. The van der Waals surface area contributed by atoms with Crippen LogP contribution in [-0.4, -0.2) is 42.1 Å². The van der Waals surface area contributed by atoms with Gasteiger partial charge in [-0.2, -0.15) is 0 Å². The molecule has 0 radical (unpaired) electrons. The maximum Gasteiger partial charge on any atom is 0.128 e. The summed E-state index contributed by atoms with van der Waals surface area (Å²) in [6.07, 6.45) is 5.97. The van der Waals surface area contributed by atoms with Crippen LogP contribution in [-0.2, 0) is 0 Å². The third kappa shape index (κ3) is 2.74. The molecule has 1 aromatic rings. The summed E-state index contributed by atoms with van der Waals surface area (Å²) in [5.74, 6) is 1.10. The molecule has 2 saturated heterocycles. The zero-order valence-corrected chi connectivity index (χ0v) is 11.8. The lowest BCUT2D eigenvalue weighted by Crippen LogP contribution is -2.55. The zero-order chi connectivity index (χ0) is 13.2. The maximum absolute atomic E-state index is 5.96. The second kappa shape index (κ2) is 5.47. The first kappa shape index (κ1) is 12.9. The Morgan fingerprint density at radius 2 is 2.21 bits per heavy atom. The van der Waals surface area contributed by atoms with Crippen molar-refractivity contribution >= 4 is 5.82 Å². The van der Waals surface area contributed by atoms with Crippen LogP contribution in [0.1, 0.15) is 37.8 Å². The monoisotopic (exact) mass is 260 g/mol. The Labute approximate surface area is 115 Å². The van der Waals surface area contributed by atoms with Crippen LogP contribution in [0.15, 0.2) is 18.3 Å². The van der Waals surface area contributed by atoms with Crippen LogP contribution in [0.2, 0.25) is 0 Å². The molecule has 4 nitrogen and oxygen atoms in total. The smallest absolute Gasteiger partial charge is 0.128 e. The van der Waals surface area contributed by atoms with Crippen molar-refractivity contribution in [1.29, 1.82) is 0 Å². The van der Waals surface area contributed by atoms with E-state index in [1.165, 1.54) is 37.9 Å². The van der Waals surface area contributed by atoms with Gasteiger partial charge in [0.1, 0.15) is 5.82 Å². The molecule has 1 unspecified atom stereocenters. The molecule has 2 aliphatic rings. The van der Waals surface area contributed by atoms with Crippen LogP contribution in [0.5, 0.6) is 0 Å². The van der Waals surface area contributed by atoms with E-state index in [2.05, 4.69) is 20.9 Å². The largest absolute Gasteiger partial charge is 0.354 e. The van der Waals surface area contributed by atoms with Crippen LogP contribution < -0.4 is 10.6 Å². The number of piperidine rings is 1. The van der Waals surface area contributed by atoms with Crippen molar-refractivity contribution in [3.8, 4) is 0 Å². The lowest BCUT2D eigenvalue weighted by Gasteiger charge is -2.44. The number of hydrogen-bond donors (Lipinski definition) is 1. The summed E-state index contributed by atoms with van der Waals surface area (Å²) >= 11 is 0. The molecule has 0 amide bonds. The highest BCUT2D eigenvalue weighted by Crippen LogP contribution is 2.25. The number of fused-ring (bicyclic) bond motifs is 1. The second-order valence-corrected chi connectivity index (χ2v) is 5.87. The first-order valence-electron chi connectivity index (χ1n) is 7.44. The van der Waals surface area contributed by atoms with Gasteiger partial charge in [-0.05, 0) is 44.0 Å². The topological polar surface area (TPSA) is 45.4 Å². The maximum atomic E-state index is 5.96. The lowest BCUT2D eigenvalue weighted by atomic mass is 9.99. The van der Waals surface area contributed by atoms with Gasteiger partial charge in [-0.15, -0.1) is 0 Å². The van der Waals surface area contributed by atoms with Crippen molar-refractivity contribution in [1.82, 2.24) is 9.88 Å². The third-order valence-electron chi connectivity index (χ3n) is 4.46. The molecule has 2 N–H and O–H groups in total. The van der Waals surface area contributed by atoms with Gasteiger partial charge in [0, 0.05) is 37.9 Å². The first-order valence-corrected chi connectivity index (χ1v) is 7.44. The van der Waals surface area contributed by atoms with E-state index >= 15 is 0 Å². The summed E-state index contributed by atoms with van der Waals surface area (Å²) in [5, 5.41) is 0. The number of piperazine rings is 1. The molecule has 3 rings (SSSR count). The standard InChI is InChI=1S/C15H24N4/c1-12(16)13-5-6-17-15(10-13)19-9-8-18-7-3-2-4-14(18)11-19/h5-6,10,12,14H,2-4,7-9,11,16H2,1H3/t12-,14?/m0/s1. The minimum Gasteiger partial charge on any atom is -0.354 e. The van der Waals surface area contributed by atoms with Crippen molar-refractivity contribution in [2.24, 2.45) is 5.73 Å². The Kier molecular flexibility index (Phi) is 3.71. The van der Waals surface area contributed by atoms with Crippen molar-refractivity contribution in [3.63, 3.8) is 0 Å². The van der Waals surface area contributed by atoms with Crippen molar-refractivity contribution in [2.45, 2.75) is 38.3 Å². The van der Waals surface area contributed by atoms with Gasteiger partial charge in [0.05, 0.1) is 0 Å². The predicted molar refractivity (Wildman–Crippen MR) is 78.3 cm³/mol. The molecule has 0 bridgehead atoms. The molecule has 0 aliphatic carbocycles. The molecule has 19 heavy (non-hydrogen) atoms. The highest BCUT2D eigenvalue weighted by atomic mass is 15.3. The molecule has 1 aromatic heterocycles. The van der Waals surface area contributed by atoms with E-state index in [1.54, 1.807) is 0 Å². The molecule has 0 spiro atoms. The minimum absolute atomic E-state index is 0.0812. The van der Waals surface area contributed by atoms with E-state index in [9.17, 15) is 0 Å². The van der Waals surface area contributed by atoms with E-state index in [0.29, 0.717) is 0 Å². The number of hydrogen-bond acceptors (Lipinski definition) is 4. The van der Waals surface area contributed by atoms with E-state index < -0.39 is 0 Å². The van der Waals surface area contributed by atoms with Gasteiger partial charge < -0.3 is 10.6 Å². The van der Waals surface area contributed by atoms with Gasteiger partial charge in [-0.1, -0.05) is 6.42 Å². The molecule has 2 aliphatic heterocycles. The Balaban J connectivity index is 1.74. The molecule has 104 valence electrons. The second-order valence-electron chi connectivity index (χ2n) is 5.87. The van der Waals surface area contributed by atoms with Gasteiger partial charge in [-0.3, -0.25) is 4.90 Å². The summed E-state index contributed by atoms with van der Waals surface area (Å²) in [6.45, 7) is 6.69.